The molecule has 1 aromatic carbocycles. The van der Waals surface area contributed by atoms with Crippen molar-refractivity contribution in [3.05, 3.63) is 50.4 Å². The van der Waals surface area contributed by atoms with E-state index >= 15 is 0 Å². The summed E-state index contributed by atoms with van der Waals surface area (Å²) in [6.45, 7) is 3.48. The number of benzene rings is 1. The van der Waals surface area contributed by atoms with Gasteiger partial charge in [-0.3, -0.25) is 14.9 Å². The lowest BCUT2D eigenvalue weighted by Gasteiger charge is -2.15. The number of nitrogens with zero attached hydrogens (tertiary/aromatic N) is 1. The molecule has 1 aromatic heterocycles. The number of para-hydroxylation sites is 2. The molecule has 154 valence electrons. The van der Waals surface area contributed by atoms with Gasteiger partial charge in [0.05, 0.1) is 17.1 Å². The average molecular weight is 418 g/mol. The fourth-order valence-electron chi connectivity index (χ4n) is 3.24. The van der Waals surface area contributed by atoms with Crippen molar-refractivity contribution in [2.45, 2.75) is 45.6 Å². The molecule has 0 saturated heterocycles. The third-order valence-electron chi connectivity index (χ3n) is 4.62. The molecule has 0 fully saturated rings. The number of carbonyl (C=O) groups excluding carboxylic acids is 2. The summed E-state index contributed by atoms with van der Waals surface area (Å²) in [5.41, 5.74) is 1.14. The maximum atomic E-state index is 12.7. The van der Waals surface area contributed by atoms with Gasteiger partial charge >= 0.3 is 11.7 Å². The normalized spacial score (nSPS) is 13.9. The third-order valence-corrected chi connectivity index (χ3v) is 5.83. The zero-order valence-electron chi connectivity index (χ0n) is 16.2. The predicted molar refractivity (Wildman–Crippen MR) is 109 cm³/mol. The SMILES string of the molecule is CCOC(=O)c1c(NC(=O)[C@@H](C)Oc2ccccc2[N+](=O)[O-])sc2c1CCCC2. The topological polar surface area (TPSA) is 108 Å². The molecule has 1 aliphatic rings. The summed E-state index contributed by atoms with van der Waals surface area (Å²) in [6, 6.07) is 5.87. The highest BCUT2D eigenvalue weighted by atomic mass is 32.1. The van der Waals surface area contributed by atoms with Crippen molar-refractivity contribution in [3.8, 4) is 5.75 Å². The van der Waals surface area contributed by atoms with Gasteiger partial charge in [-0.2, -0.15) is 0 Å². The maximum Gasteiger partial charge on any atom is 0.341 e. The van der Waals surface area contributed by atoms with Crippen LogP contribution in [0.1, 0.15) is 47.5 Å². The second kappa shape index (κ2) is 9.04. The molecular formula is C20H22N2O6S. The fraction of sp³-hybridized carbons (Fsp3) is 0.400. The van der Waals surface area contributed by atoms with E-state index in [-0.39, 0.29) is 18.0 Å². The van der Waals surface area contributed by atoms with Crippen LogP contribution in [0.25, 0.3) is 0 Å². The minimum Gasteiger partial charge on any atom is -0.474 e. The molecule has 3 rings (SSSR count). The lowest BCUT2D eigenvalue weighted by atomic mass is 9.95. The molecule has 1 atom stereocenters. The molecule has 1 amide bonds. The second-order valence-corrected chi connectivity index (χ2v) is 7.71. The summed E-state index contributed by atoms with van der Waals surface area (Å²) in [7, 11) is 0. The van der Waals surface area contributed by atoms with Gasteiger partial charge in [-0.05, 0) is 51.2 Å². The quantitative estimate of drug-likeness (QED) is 0.412. The van der Waals surface area contributed by atoms with E-state index in [0.717, 1.165) is 36.1 Å². The maximum absolute atomic E-state index is 12.7. The Morgan fingerprint density at radius 2 is 2.00 bits per heavy atom. The number of esters is 1. The number of thiophene rings is 1. The van der Waals surface area contributed by atoms with Crippen molar-refractivity contribution >= 4 is 33.9 Å². The first-order valence-corrected chi connectivity index (χ1v) is 10.3. The van der Waals surface area contributed by atoms with Crippen LogP contribution < -0.4 is 10.1 Å². The molecule has 0 saturated carbocycles. The van der Waals surface area contributed by atoms with E-state index in [1.807, 2.05) is 0 Å². The average Bonchev–Trinajstić information content (AvgIpc) is 3.06. The fourth-order valence-corrected chi connectivity index (χ4v) is 4.52. The van der Waals surface area contributed by atoms with Gasteiger partial charge in [-0.15, -0.1) is 11.3 Å². The van der Waals surface area contributed by atoms with E-state index in [9.17, 15) is 19.7 Å². The first-order chi connectivity index (χ1) is 13.9. The van der Waals surface area contributed by atoms with Crippen LogP contribution in [0.5, 0.6) is 5.75 Å². The van der Waals surface area contributed by atoms with Crippen LogP contribution in [-0.4, -0.2) is 29.5 Å². The van der Waals surface area contributed by atoms with Crippen molar-refractivity contribution in [1.29, 1.82) is 0 Å². The Balaban J connectivity index is 1.81. The van der Waals surface area contributed by atoms with Crippen molar-refractivity contribution in [1.82, 2.24) is 0 Å². The van der Waals surface area contributed by atoms with Gasteiger partial charge in [0.15, 0.2) is 11.9 Å². The smallest absolute Gasteiger partial charge is 0.341 e. The highest BCUT2D eigenvalue weighted by Crippen LogP contribution is 2.38. The van der Waals surface area contributed by atoms with Crippen LogP contribution in [0.15, 0.2) is 24.3 Å². The molecule has 0 radical (unpaired) electrons. The number of amides is 1. The van der Waals surface area contributed by atoms with E-state index in [2.05, 4.69) is 5.32 Å². The zero-order valence-corrected chi connectivity index (χ0v) is 17.0. The predicted octanol–water partition coefficient (Wildman–Crippen LogP) is 4.12. The van der Waals surface area contributed by atoms with E-state index < -0.39 is 22.9 Å². The number of hydrogen-bond acceptors (Lipinski definition) is 7. The minimum absolute atomic E-state index is 0.0104. The Labute approximate surface area is 172 Å². The highest BCUT2D eigenvalue weighted by molar-refractivity contribution is 7.17. The van der Waals surface area contributed by atoms with Crippen molar-refractivity contribution in [3.63, 3.8) is 0 Å². The Bertz CT molecular complexity index is 939. The van der Waals surface area contributed by atoms with E-state index in [1.165, 1.54) is 36.5 Å². The number of nitrogens with one attached hydrogen (secondary N) is 1. The summed E-state index contributed by atoms with van der Waals surface area (Å²) in [4.78, 5) is 36.8. The molecule has 0 bridgehead atoms. The summed E-state index contributed by atoms with van der Waals surface area (Å²) in [5, 5.41) is 14.3. The Morgan fingerprint density at radius 3 is 2.72 bits per heavy atom. The largest absolute Gasteiger partial charge is 0.474 e. The van der Waals surface area contributed by atoms with Gasteiger partial charge < -0.3 is 14.8 Å². The van der Waals surface area contributed by atoms with E-state index in [1.54, 1.807) is 13.0 Å². The molecule has 2 aromatic rings. The molecule has 0 spiro atoms. The second-order valence-electron chi connectivity index (χ2n) is 6.61. The van der Waals surface area contributed by atoms with Gasteiger partial charge in [0.2, 0.25) is 0 Å². The number of fused-ring (bicyclic) bond motifs is 1. The highest BCUT2D eigenvalue weighted by Gasteiger charge is 2.29. The van der Waals surface area contributed by atoms with Gasteiger partial charge in [0.1, 0.15) is 5.00 Å². The molecular weight excluding hydrogens is 396 g/mol. The Morgan fingerprint density at radius 1 is 1.28 bits per heavy atom. The van der Waals surface area contributed by atoms with E-state index in [4.69, 9.17) is 9.47 Å². The summed E-state index contributed by atoms with van der Waals surface area (Å²) in [6.07, 6.45) is 2.68. The van der Waals surface area contributed by atoms with Gasteiger partial charge in [-0.1, -0.05) is 12.1 Å². The number of rotatable bonds is 7. The zero-order chi connectivity index (χ0) is 21.0. The lowest BCUT2D eigenvalue weighted by Crippen LogP contribution is -2.30. The first-order valence-electron chi connectivity index (χ1n) is 9.45. The molecule has 1 heterocycles. The van der Waals surface area contributed by atoms with Crippen molar-refractivity contribution in [2.24, 2.45) is 0 Å². The standard InChI is InChI=1S/C20H22N2O6S/c1-3-27-20(24)17-13-8-4-7-11-16(13)29-19(17)21-18(23)12(2)28-15-10-6-5-9-14(15)22(25)26/h5-6,9-10,12H,3-4,7-8,11H2,1-2H3,(H,21,23)/t12-/m1/s1. The molecule has 0 unspecified atom stereocenters. The van der Waals surface area contributed by atoms with Crippen LogP contribution in [0.3, 0.4) is 0 Å². The number of carbonyl (C=O) groups is 2. The Hall–Kier alpha value is -2.94. The van der Waals surface area contributed by atoms with Crippen LogP contribution >= 0.6 is 11.3 Å². The van der Waals surface area contributed by atoms with Crippen LogP contribution in [-0.2, 0) is 22.4 Å². The van der Waals surface area contributed by atoms with E-state index in [0.29, 0.717) is 10.6 Å². The number of hydrogen-bond donors (Lipinski definition) is 1. The lowest BCUT2D eigenvalue weighted by molar-refractivity contribution is -0.386. The first kappa shape index (κ1) is 20.8. The van der Waals surface area contributed by atoms with Crippen molar-refractivity contribution < 1.29 is 24.0 Å². The van der Waals surface area contributed by atoms with Gasteiger partial charge in [-0.25, -0.2) is 4.79 Å². The number of aryl methyl sites for hydroxylation is 1. The third kappa shape index (κ3) is 4.56. The molecule has 1 N–H and O–H groups in total. The summed E-state index contributed by atoms with van der Waals surface area (Å²) >= 11 is 1.38. The number of nitro groups is 1. The molecule has 8 nitrogen and oxygen atoms in total. The number of anilines is 1. The number of nitro benzene ring substituents is 1. The summed E-state index contributed by atoms with van der Waals surface area (Å²) < 4.78 is 10.7. The molecule has 0 aliphatic heterocycles. The van der Waals surface area contributed by atoms with Gasteiger partial charge in [0.25, 0.3) is 5.91 Å². The summed E-state index contributed by atoms with van der Waals surface area (Å²) in [5.74, 6) is -0.932. The van der Waals surface area contributed by atoms with Gasteiger partial charge in [0, 0.05) is 10.9 Å². The van der Waals surface area contributed by atoms with Crippen LogP contribution in [0.2, 0.25) is 0 Å². The Kier molecular flexibility index (Phi) is 6.48. The molecule has 9 heteroatoms. The molecule has 1 aliphatic carbocycles. The van der Waals surface area contributed by atoms with Crippen LogP contribution in [0.4, 0.5) is 10.7 Å². The molecule has 29 heavy (non-hydrogen) atoms. The van der Waals surface area contributed by atoms with Crippen molar-refractivity contribution in [2.75, 3.05) is 11.9 Å². The van der Waals surface area contributed by atoms with Crippen LogP contribution in [0, 0.1) is 10.1 Å². The number of ether oxygens (including phenoxy) is 2. The monoisotopic (exact) mass is 418 g/mol. The minimum atomic E-state index is -0.995.